The summed E-state index contributed by atoms with van der Waals surface area (Å²) in [5.74, 6) is 1.61. The normalized spacial score (nSPS) is 23.8. The van der Waals surface area contributed by atoms with Gasteiger partial charge in [0.25, 0.3) is 0 Å². The molecule has 1 aliphatic carbocycles. The van der Waals surface area contributed by atoms with Crippen molar-refractivity contribution in [1.82, 2.24) is 0 Å². The minimum Gasteiger partial charge on any atom is -0.493 e. The summed E-state index contributed by atoms with van der Waals surface area (Å²) in [6.07, 6.45) is 2.40. The average Bonchev–Trinajstić information content (AvgIpc) is 2.71. The maximum Gasteiger partial charge on any atom is 0.119 e. The smallest absolute Gasteiger partial charge is 0.119 e. The summed E-state index contributed by atoms with van der Waals surface area (Å²) < 4.78 is 11.1. The molecular weight excluding hydrogens is 240 g/mol. The minimum atomic E-state index is -0.180. The van der Waals surface area contributed by atoms with E-state index in [-0.39, 0.29) is 12.0 Å². The van der Waals surface area contributed by atoms with Gasteiger partial charge in [-0.25, -0.2) is 0 Å². The van der Waals surface area contributed by atoms with Gasteiger partial charge in [-0.2, -0.15) is 0 Å². The highest BCUT2D eigenvalue weighted by Gasteiger charge is 2.39. The number of fused-ring (bicyclic) bond motifs is 1. The van der Waals surface area contributed by atoms with E-state index >= 15 is 0 Å². The maximum absolute atomic E-state index is 9.40. The molecule has 0 aromatic heterocycles. The molecule has 0 spiro atoms. The lowest BCUT2D eigenvalue weighted by Gasteiger charge is -2.39. The fourth-order valence-corrected chi connectivity index (χ4v) is 3.19. The van der Waals surface area contributed by atoms with Crippen LogP contribution in [0, 0.1) is 12.3 Å². The van der Waals surface area contributed by atoms with Crippen molar-refractivity contribution in [3.63, 3.8) is 0 Å². The SMILES string of the molecule is Cc1cc(OCC2(CO)COC2)cc2c1C(C)CC2. The van der Waals surface area contributed by atoms with Crippen molar-refractivity contribution in [2.45, 2.75) is 32.6 Å². The molecule has 1 aromatic carbocycles. The van der Waals surface area contributed by atoms with Crippen LogP contribution < -0.4 is 4.74 Å². The molecule has 1 saturated heterocycles. The third-order valence-electron chi connectivity index (χ3n) is 4.48. The molecule has 1 fully saturated rings. The Morgan fingerprint density at radius 3 is 2.84 bits per heavy atom. The number of hydrogen-bond acceptors (Lipinski definition) is 3. The first-order valence-corrected chi connectivity index (χ1v) is 7.08. The van der Waals surface area contributed by atoms with E-state index in [0.717, 1.165) is 12.2 Å². The number of rotatable bonds is 4. The van der Waals surface area contributed by atoms with E-state index in [2.05, 4.69) is 26.0 Å². The molecule has 1 unspecified atom stereocenters. The third kappa shape index (κ3) is 2.26. The van der Waals surface area contributed by atoms with Crippen LogP contribution in [0.2, 0.25) is 0 Å². The van der Waals surface area contributed by atoms with Gasteiger partial charge in [0.05, 0.1) is 25.2 Å². The zero-order valence-electron chi connectivity index (χ0n) is 11.7. The standard InChI is InChI=1S/C16H22O3/c1-11-3-4-13-6-14(5-12(2)15(11)13)19-10-16(7-17)8-18-9-16/h5-6,11,17H,3-4,7-10H2,1-2H3. The van der Waals surface area contributed by atoms with Gasteiger partial charge >= 0.3 is 0 Å². The molecule has 3 nitrogen and oxygen atoms in total. The predicted molar refractivity (Wildman–Crippen MR) is 73.7 cm³/mol. The molecule has 3 heteroatoms. The second kappa shape index (κ2) is 4.80. The molecule has 0 radical (unpaired) electrons. The first-order chi connectivity index (χ1) is 9.13. The summed E-state index contributed by atoms with van der Waals surface area (Å²) in [5, 5.41) is 9.40. The lowest BCUT2D eigenvalue weighted by Crippen LogP contribution is -2.49. The lowest BCUT2D eigenvalue weighted by atomic mass is 9.88. The predicted octanol–water partition coefficient (Wildman–Crippen LogP) is 2.43. The molecule has 0 saturated carbocycles. The summed E-state index contributed by atoms with van der Waals surface area (Å²) in [6.45, 7) is 6.34. The van der Waals surface area contributed by atoms with Crippen LogP contribution in [0.5, 0.6) is 5.75 Å². The van der Waals surface area contributed by atoms with Crippen LogP contribution in [0.25, 0.3) is 0 Å². The Hall–Kier alpha value is -1.06. The highest BCUT2D eigenvalue weighted by molar-refractivity contribution is 5.46. The van der Waals surface area contributed by atoms with Gasteiger partial charge in [-0.1, -0.05) is 6.92 Å². The molecule has 19 heavy (non-hydrogen) atoms. The Balaban J connectivity index is 1.74. The Labute approximate surface area is 114 Å². The van der Waals surface area contributed by atoms with Gasteiger partial charge in [-0.3, -0.25) is 0 Å². The van der Waals surface area contributed by atoms with Gasteiger partial charge in [0.15, 0.2) is 0 Å². The summed E-state index contributed by atoms with van der Waals surface area (Å²) in [6, 6.07) is 4.31. The van der Waals surface area contributed by atoms with E-state index in [1.165, 1.54) is 23.1 Å². The van der Waals surface area contributed by atoms with Crippen LogP contribution in [0.1, 0.15) is 36.0 Å². The molecule has 1 atom stereocenters. The van der Waals surface area contributed by atoms with E-state index in [1.54, 1.807) is 0 Å². The number of benzene rings is 1. The molecule has 2 aliphatic rings. The first-order valence-electron chi connectivity index (χ1n) is 7.08. The van der Waals surface area contributed by atoms with Gasteiger partial charge in [0.2, 0.25) is 0 Å². The average molecular weight is 262 g/mol. The number of hydrogen-bond donors (Lipinski definition) is 1. The number of ether oxygens (including phenoxy) is 2. The van der Waals surface area contributed by atoms with Crippen molar-refractivity contribution in [2.24, 2.45) is 5.41 Å². The fraction of sp³-hybridized carbons (Fsp3) is 0.625. The number of aliphatic hydroxyl groups excluding tert-OH is 1. The topological polar surface area (TPSA) is 38.7 Å². The Morgan fingerprint density at radius 2 is 2.21 bits per heavy atom. The quantitative estimate of drug-likeness (QED) is 0.905. The molecule has 1 heterocycles. The van der Waals surface area contributed by atoms with Gasteiger partial charge < -0.3 is 14.6 Å². The largest absolute Gasteiger partial charge is 0.493 e. The zero-order valence-corrected chi connectivity index (χ0v) is 11.7. The minimum absolute atomic E-state index is 0.133. The summed E-state index contributed by atoms with van der Waals surface area (Å²) >= 11 is 0. The molecule has 1 aliphatic heterocycles. The van der Waals surface area contributed by atoms with Crippen molar-refractivity contribution in [3.05, 3.63) is 28.8 Å². The number of aliphatic hydroxyl groups is 1. The molecule has 0 bridgehead atoms. The number of aryl methyl sites for hydroxylation is 2. The third-order valence-corrected chi connectivity index (χ3v) is 4.48. The van der Waals surface area contributed by atoms with E-state index in [9.17, 15) is 5.11 Å². The highest BCUT2D eigenvalue weighted by Crippen LogP contribution is 2.38. The highest BCUT2D eigenvalue weighted by atomic mass is 16.5. The van der Waals surface area contributed by atoms with Crippen LogP contribution in [0.15, 0.2) is 12.1 Å². The van der Waals surface area contributed by atoms with E-state index in [4.69, 9.17) is 9.47 Å². The van der Waals surface area contributed by atoms with Crippen LogP contribution in [-0.4, -0.2) is 31.5 Å². The van der Waals surface area contributed by atoms with Gasteiger partial charge in [-0.15, -0.1) is 0 Å². The monoisotopic (exact) mass is 262 g/mol. The molecule has 3 rings (SSSR count). The molecule has 1 N–H and O–H groups in total. The van der Waals surface area contributed by atoms with E-state index in [1.807, 2.05) is 0 Å². The van der Waals surface area contributed by atoms with Crippen LogP contribution in [0.3, 0.4) is 0 Å². The van der Waals surface area contributed by atoms with Crippen LogP contribution in [-0.2, 0) is 11.2 Å². The van der Waals surface area contributed by atoms with Crippen molar-refractivity contribution >= 4 is 0 Å². The van der Waals surface area contributed by atoms with E-state index in [0.29, 0.717) is 25.7 Å². The fourth-order valence-electron chi connectivity index (χ4n) is 3.19. The zero-order chi connectivity index (χ0) is 13.5. The molecular formula is C16H22O3. The van der Waals surface area contributed by atoms with Crippen molar-refractivity contribution in [2.75, 3.05) is 26.4 Å². The van der Waals surface area contributed by atoms with Crippen LogP contribution in [0.4, 0.5) is 0 Å². The Morgan fingerprint density at radius 1 is 1.42 bits per heavy atom. The van der Waals surface area contributed by atoms with Crippen molar-refractivity contribution < 1.29 is 14.6 Å². The van der Waals surface area contributed by atoms with Crippen LogP contribution >= 0.6 is 0 Å². The Kier molecular flexibility index (Phi) is 3.27. The summed E-state index contributed by atoms with van der Waals surface area (Å²) in [7, 11) is 0. The van der Waals surface area contributed by atoms with E-state index < -0.39 is 0 Å². The van der Waals surface area contributed by atoms with Gasteiger partial charge in [-0.05, 0) is 54.5 Å². The van der Waals surface area contributed by atoms with Crippen molar-refractivity contribution in [3.8, 4) is 5.75 Å². The molecule has 104 valence electrons. The molecule has 0 amide bonds. The lowest BCUT2D eigenvalue weighted by molar-refractivity contribution is -0.153. The van der Waals surface area contributed by atoms with Crippen molar-refractivity contribution in [1.29, 1.82) is 0 Å². The summed E-state index contributed by atoms with van der Waals surface area (Å²) in [5.41, 5.74) is 4.10. The summed E-state index contributed by atoms with van der Waals surface area (Å²) in [4.78, 5) is 0. The first kappa shape index (κ1) is 12.9. The van der Waals surface area contributed by atoms with Gasteiger partial charge in [0.1, 0.15) is 12.4 Å². The Bertz CT molecular complexity index is 472. The maximum atomic E-state index is 9.40. The second-order valence-electron chi connectivity index (χ2n) is 6.19. The van der Waals surface area contributed by atoms with Gasteiger partial charge in [0, 0.05) is 0 Å². The second-order valence-corrected chi connectivity index (χ2v) is 6.19. The molecule has 1 aromatic rings.